The molecule has 3 N–H and O–H groups in total. The molecule has 1 aromatic rings. The molecule has 0 saturated heterocycles. The Morgan fingerprint density at radius 1 is 1.33 bits per heavy atom. The van der Waals surface area contributed by atoms with E-state index in [-0.39, 0.29) is 18.1 Å². The van der Waals surface area contributed by atoms with Crippen molar-refractivity contribution in [1.82, 2.24) is 4.90 Å². The van der Waals surface area contributed by atoms with E-state index in [2.05, 4.69) is 5.32 Å². The second-order valence-electron chi connectivity index (χ2n) is 5.59. The van der Waals surface area contributed by atoms with Gasteiger partial charge in [0.15, 0.2) is 0 Å². The maximum atomic E-state index is 12.2. The Balaban J connectivity index is 2.91. The highest BCUT2D eigenvalue weighted by Gasteiger charge is 2.21. The molecule has 2 amide bonds. The lowest BCUT2D eigenvalue weighted by Crippen LogP contribution is -2.44. The topological polar surface area (TPSA) is 89.9 Å². The van der Waals surface area contributed by atoms with Crippen molar-refractivity contribution in [2.45, 2.75) is 33.3 Å². The molecule has 0 fully saturated rings. The summed E-state index contributed by atoms with van der Waals surface area (Å²) in [6, 6.07) is 4.19. The molecule has 1 rings (SSSR count). The van der Waals surface area contributed by atoms with Gasteiger partial charge in [0.25, 0.3) is 0 Å². The minimum Gasteiger partial charge on any atom is -0.478 e. The van der Waals surface area contributed by atoms with Crippen LogP contribution >= 0.6 is 0 Å². The van der Waals surface area contributed by atoms with Crippen LogP contribution in [0.3, 0.4) is 0 Å². The van der Waals surface area contributed by atoms with Gasteiger partial charge in [0.2, 0.25) is 0 Å². The number of hydrogen-bond acceptors (Lipinski definition) is 3. The quantitative estimate of drug-likeness (QED) is 0.777. The first-order valence-electron chi connectivity index (χ1n) is 6.76. The molecule has 6 nitrogen and oxygen atoms in total. The van der Waals surface area contributed by atoms with Crippen molar-refractivity contribution in [3.63, 3.8) is 0 Å². The second-order valence-corrected chi connectivity index (χ2v) is 5.59. The molecule has 0 aromatic heterocycles. The Bertz CT molecular complexity index is 535. The van der Waals surface area contributed by atoms with Crippen LogP contribution in [-0.2, 0) is 0 Å². The van der Waals surface area contributed by atoms with Gasteiger partial charge in [-0.1, -0.05) is 6.07 Å². The van der Waals surface area contributed by atoms with Gasteiger partial charge in [-0.05, 0) is 45.4 Å². The maximum Gasteiger partial charge on any atom is 0.335 e. The van der Waals surface area contributed by atoms with E-state index in [0.29, 0.717) is 12.2 Å². The standard InChI is InChI=1S/C15H22N2O4/c1-5-17(9-15(3,4)21)14(20)16-12-8-11(13(18)19)7-6-10(12)2/h6-8,21H,5,9H2,1-4H3,(H,16,20)(H,18,19). The Kier molecular flexibility index (Phi) is 5.32. The molecule has 116 valence electrons. The zero-order valence-corrected chi connectivity index (χ0v) is 12.8. The van der Waals surface area contributed by atoms with Crippen LogP contribution in [0, 0.1) is 6.92 Å². The van der Waals surface area contributed by atoms with Gasteiger partial charge in [-0.3, -0.25) is 0 Å². The van der Waals surface area contributed by atoms with Crippen LogP contribution in [0.5, 0.6) is 0 Å². The summed E-state index contributed by atoms with van der Waals surface area (Å²) >= 11 is 0. The highest BCUT2D eigenvalue weighted by atomic mass is 16.4. The van der Waals surface area contributed by atoms with Crippen LogP contribution in [0.1, 0.15) is 36.7 Å². The smallest absolute Gasteiger partial charge is 0.335 e. The Morgan fingerprint density at radius 3 is 2.43 bits per heavy atom. The van der Waals surface area contributed by atoms with Crippen molar-refractivity contribution in [3.05, 3.63) is 29.3 Å². The third-order valence-corrected chi connectivity index (χ3v) is 2.97. The third kappa shape index (κ3) is 5.07. The predicted molar refractivity (Wildman–Crippen MR) is 80.7 cm³/mol. The zero-order valence-electron chi connectivity index (χ0n) is 12.8. The van der Waals surface area contributed by atoms with Crippen LogP contribution in [-0.4, -0.2) is 45.8 Å². The summed E-state index contributed by atoms with van der Waals surface area (Å²) in [5.74, 6) is -1.05. The van der Waals surface area contributed by atoms with Gasteiger partial charge in [0.1, 0.15) is 0 Å². The summed E-state index contributed by atoms with van der Waals surface area (Å²) < 4.78 is 0. The van der Waals surface area contributed by atoms with E-state index in [0.717, 1.165) is 5.56 Å². The minimum atomic E-state index is -1.05. The number of carboxylic acid groups (broad SMARTS) is 1. The van der Waals surface area contributed by atoms with Crippen molar-refractivity contribution >= 4 is 17.7 Å². The number of urea groups is 1. The number of carbonyl (C=O) groups excluding carboxylic acids is 1. The highest BCUT2D eigenvalue weighted by molar-refractivity contribution is 5.94. The van der Waals surface area contributed by atoms with Gasteiger partial charge in [-0.25, -0.2) is 9.59 Å². The Labute approximate surface area is 124 Å². The van der Waals surface area contributed by atoms with E-state index in [1.165, 1.54) is 17.0 Å². The molecule has 6 heteroatoms. The summed E-state index contributed by atoms with van der Waals surface area (Å²) in [5, 5.41) is 21.5. The average Bonchev–Trinajstić information content (AvgIpc) is 2.37. The molecule has 1 aromatic carbocycles. The van der Waals surface area contributed by atoms with Gasteiger partial charge in [-0.15, -0.1) is 0 Å². The summed E-state index contributed by atoms with van der Waals surface area (Å²) in [5.41, 5.74) is 0.342. The zero-order chi connectivity index (χ0) is 16.2. The van der Waals surface area contributed by atoms with Crippen molar-refractivity contribution in [3.8, 4) is 0 Å². The van der Waals surface area contributed by atoms with Gasteiger partial charge in [-0.2, -0.15) is 0 Å². The number of nitrogens with zero attached hydrogens (tertiary/aromatic N) is 1. The monoisotopic (exact) mass is 294 g/mol. The summed E-state index contributed by atoms with van der Waals surface area (Å²) in [7, 11) is 0. The number of carbonyl (C=O) groups is 2. The van der Waals surface area contributed by atoms with E-state index in [9.17, 15) is 14.7 Å². The van der Waals surface area contributed by atoms with Crippen molar-refractivity contribution in [1.29, 1.82) is 0 Å². The largest absolute Gasteiger partial charge is 0.478 e. The maximum absolute atomic E-state index is 12.2. The lowest BCUT2D eigenvalue weighted by Gasteiger charge is -2.28. The molecular weight excluding hydrogens is 272 g/mol. The first kappa shape index (κ1) is 17.0. The molecule has 0 aliphatic carbocycles. The number of anilines is 1. The van der Waals surface area contributed by atoms with E-state index in [1.807, 2.05) is 6.92 Å². The fourth-order valence-electron chi connectivity index (χ4n) is 1.88. The van der Waals surface area contributed by atoms with Gasteiger partial charge < -0.3 is 20.4 Å². The first-order chi connectivity index (χ1) is 9.64. The van der Waals surface area contributed by atoms with Crippen LogP contribution in [0.2, 0.25) is 0 Å². The molecule has 0 saturated carbocycles. The number of aliphatic hydroxyl groups is 1. The molecule has 0 atom stereocenters. The van der Waals surface area contributed by atoms with Crippen LogP contribution < -0.4 is 5.32 Å². The SMILES string of the molecule is CCN(CC(C)(C)O)C(=O)Nc1cc(C(=O)O)ccc1C. The molecule has 0 unspecified atom stereocenters. The fraction of sp³-hybridized carbons (Fsp3) is 0.467. The minimum absolute atomic E-state index is 0.112. The summed E-state index contributed by atoms with van der Waals surface area (Å²) in [4.78, 5) is 24.6. The van der Waals surface area contributed by atoms with E-state index >= 15 is 0 Å². The van der Waals surface area contributed by atoms with Crippen LogP contribution in [0.25, 0.3) is 0 Å². The van der Waals surface area contributed by atoms with E-state index in [4.69, 9.17) is 5.11 Å². The first-order valence-corrected chi connectivity index (χ1v) is 6.76. The number of aromatic carboxylic acids is 1. The third-order valence-electron chi connectivity index (χ3n) is 2.97. The number of hydrogen-bond donors (Lipinski definition) is 3. The number of amides is 2. The Morgan fingerprint density at radius 2 is 1.95 bits per heavy atom. The lowest BCUT2D eigenvalue weighted by molar-refractivity contribution is 0.0501. The van der Waals surface area contributed by atoms with Crippen molar-refractivity contribution in [2.75, 3.05) is 18.4 Å². The van der Waals surface area contributed by atoms with Gasteiger partial charge in [0, 0.05) is 12.2 Å². The molecule has 0 spiro atoms. The molecule has 0 aliphatic heterocycles. The predicted octanol–water partition coefficient (Wildman–Crippen LogP) is 2.32. The lowest BCUT2D eigenvalue weighted by atomic mass is 10.1. The van der Waals surface area contributed by atoms with Crippen molar-refractivity contribution < 1.29 is 19.8 Å². The van der Waals surface area contributed by atoms with E-state index in [1.54, 1.807) is 26.8 Å². The molecular formula is C15H22N2O4. The molecule has 0 aliphatic rings. The van der Waals surface area contributed by atoms with Gasteiger partial charge >= 0.3 is 12.0 Å². The van der Waals surface area contributed by atoms with E-state index < -0.39 is 11.6 Å². The molecule has 0 heterocycles. The fourth-order valence-corrected chi connectivity index (χ4v) is 1.88. The number of nitrogens with one attached hydrogen (secondary N) is 1. The summed E-state index contributed by atoms with van der Waals surface area (Å²) in [6.07, 6.45) is 0. The number of likely N-dealkylation sites (N-methyl/N-ethyl adjacent to an activating group) is 1. The second kappa shape index (κ2) is 6.58. The van der Waals surface area contributed by atoms with Crippen LogP contribution in [0.4, 0.5) is 10.5 Å². The van der Waals surface area contributed by atoms with Crippen LogP contribution in [0.15, 0.2) is 18.2 Å². The number of aryl methyl sites for hydroxylation is 1. The number of benzene rings is 1. The number of carboxylic acids is 1. The Hall–Kier alpha value is -2.08. The molecule has 21 heavy (non-hydrogen) atoms. The van der Waals surface area contributed by atoms with Crippen molar-refractivity contribution in [2.24, 2.45) is 0 Å². The van der Waals surface area contributed by atoms with Gasteiger partial charge in [0.05, 0.1) is 17.7 Å². The summed E-state index contributed by atoms with van der Waals surface area (Å²) in [6.45, 7) is 7.47. The highest BCUT2D eigenvalue weighted by Crippen LogP contribution is 2.18. The average molecular weight is 294 g/mol. The number of rotatable bonds is 5. The normalized spacial score (nSPS) is 11.1. The molecule has 0 bridgehead atoms. The molecule has 0 radical (unpaired) electrons.